The van der Waals surface area contributed by atoms with Gasteiger partial charge in [-0.25, -0.2) is 9.97 Å². The molecule has 3 heteroatoms. The number of para-hydroxylation sites is 1. The zero-order chi connectivity index (χ0) is 33.5. The van der Waals surface area contributed by atoms with Crippen LogP contribution in [0.4, 0.5) is 0 Å². The molecule has 236 valence electrons. The molecule has 51 heavy (non-hydrogen) atoms. The Balaban J connectivity index is 1.24. The highest BCUT2D eigenvalue weighted by Gasteiger charge is 2.30. The van der Waals surface area contributed by atoms with Gasteiger partial charge in [-0.3, -0.25) is 4.99 Å². The van der Waals surface area contributed by atoms with E-state index in [4.69, 9.17) is 15.0 Å². The molecular formula is C48H29N3. The highest BCUT2D eigenvalue weighted by Crippen LogP contribution is 2.41. The lowest BCUT2D eigenvalue weighted by atomic mass is 9.83. The van der Waals surface area contributed by atoms with Gasteiger partial charge in [0.1, 0.15) is 0 Å². The lowest BCUT2D eigenvalue weighted by Gasteiger charge is -2.23. The van der Waals surface area contributed by atoms with Crippen molar-refractivity contribution in [3.05, 3.63) is 197 Å². The van der Waals surface area contributed by atoms with E-state index in [-0.39, 0.29) is 6.04 Å². The van der Waals surface area contributed by atoms with E-state index in [2.05, 4.69) is 170 Å². The van der Waals surface area contributed by atoms with Crippen LogP contribution in [0.3, 0.4) is 0 Å². The van der Waals surface area contributed by atoms with Crippen LogP contribution in [0.25, 0.3) is 76.8 Å². The number of hydrogen-bond donors (Lipinski definition) is 0. The Bertz CT molecular complexity index is 2960. The Morgan fingerprint density at radius 1 is 0.392 bits per heavy atom. The summed E-state index contributed by atoms with van der Waals surface area (Å²) < 4.78 is 0. The number of benzene rings is 8. The van der Waals surface area contributed by atoms with Gasteiger partial charge in [0.25, 0.3) is 0 Å². The van der Waals surface area contributed by atoms with E-state index in [0.717, 1.165) is 39.0 Å². The Kier molecular flexibility index (Phi) is 6.02. The number of fused-ring (bicyclic) bond motifs is 10. The summed E-state index contributed by atoms with van der Waals surface area (Å²) in [6.45, 7) is 0. The molecule has 1 aliphatic carbocycles. The van der Waals surface area contributed by atoms with E-state index in [1.807, 2.05) is 0 Å². The summed E-state index contributed by atoms with van der Waals surface area (Å²) >= 11 is 0. The fourth-order valence-electron chi connectivity index (χ4n) is 8.38. The van der Waals surface area contributed by atoms with Gasteiger partial charge in [-0.1, -0.05) is 140 Å². The Labute approximate surface area is 294 Å². The van der Waals surface area contributed by atoms with Gasteiger partial charge >= 0.3 is 0 Å². The molecule has 1 aromatic heterocycles. The quantitative estimate of drug-likeness (QED) is 0.179. The van der Waals surface area contributed by atoms with Gasteiger partial charge in [0.15, 0.2) is 5.82 Å². The van der Waals surface area contributed by atoms with Crippen molar-refractivity contribution in [2.24, 2.45) is 4.99 Å². The number of aromatic nitrogens is 2. The van der Waals surface area contributed by atoms with E-state index >= 15 is 0 Å². The van der Waals surface area contributed by atoms with Crippen molar-refractivity contribution < 1.29 is 0 Å². The summed E-state index contributed by atoms with van der Waals surface area (Å²) in [4.78, 5) is 16.2. The van der Waals surface area contributed by atoms with Gasteiger partial charge in [0, 0.05) is 21.9 Å². The third-order valence-electron chi connectivity index (χ3n) is 10.7. The smallest absolute Gasteiger partial charge is 0.160 e. The topological polar surface area (TPSA) is 38.1 Å². The van der Waals surface area contributed by atoms with Crippen LogP contribution in [0.1, 0.15) is 17.0 Å². The number of nitrogens with zero attached hydrogens (tertiary/aromatic N) is 3. The molecule has 1 aliphatic heterocycles. The van der Waals surface area contributed by atoms with E-state index < -0.39 is 0 Å². The maximum absolute atomic E-state index is 5.48. The van der Waals surface area contributed by atoms with Gasteiger partial charge in [-0.05, 0) is 90.1 Å². The summed E-state index contributed by atoms with van der Waals surface area (Å²) in [6.07, 6.45) is 2.28. The van der Waals surface area contributed by atoms with Crippen molar-refractivity contribution in [1.82, 2.24) is 9.97 Å². The molecule has 3 nitrogen and oxygen atoms in total. The van der Waals surface area contributed by atoms with Gasteiger partial charge < -0.3 is 0 Å². The maximum Gasteiger partial charge on any atom is 0.160 e. The van der Waals surface area contributed by atoms with Crippen LogP contribution in [0, 0.1) is 0 Å². The molecule has 11 rings (SSSR count). The van der Waals surface area contributed by atoms with Crippen LogP contribution in [0.15, 0.2) is 175 Å². The van der Waals surface area contributed by atoms with Gasteiger partial charge in [-0.2, -0.15) is 0 Å². The first-order valence-electron chi connectivity index (χ1n) is 17.5. The average molecular weight is 648 g/mol. The molecule has 1 unspecified atom stereocenters. The molecule has 0 amide bonds. The molecule has 0 spiro atoms. The minimum absolute atomic E-state index is 0.106. The second-order valence-corrected chi connectivity index (χ2v) is 13.5. The van der Waals surface area contributed by atoms with Crippen LogP contribution in [-0.2, 0) is 0 Å². The first-order chi connectivity index (χ1) is 25.3. The van der Waals surface area contributed by atoms with Crippen molar-refractivity contribution >= 4 is 54.2 Å². The van der Waals surface area contributed by atoms with E-state index in [9.17, 15) is 0 Å². The molecule has 9 aromatic rings. The highest BCUT2D eigenvalue weighted by molar-refractivity contribution is 6.15. The van der Waals surface area contributed by atoms with Gasteiger partial charge in [0.2, 0.25) is 0 Å². The van der Waals surface area contributed by atoms with Crippen molar-refractivity contribution in [1.29, 1.82) is 0 Å². The largest absolute Gasteiger partial charge is 0.272 e. The fourth-order valence-corrected chi connectivity index (χ4v) is 8.38. The first-order valence-corrected chi connectivity index (χ1v) is 17.5. The Hall–Kier alpha value is -6.71. The van der Waals surface area contributed by atoms with Crippen molar-refractivity contribution in [3.63, 3.8) is 0 Å². The summed E-state index contributed by atoms with van der Waals surface area (Å²) in [7, 11) is 0. The van der Waals surface area contributed by atoms with Crippen LogP contribution in [0.5, 0.6) is 0 Å². The van der Waals surface area contributed by atoms with Crippen LogP contribution in [-0.4, -0.2) is 16.0 Å². The molecular weight excluding hydrogens is 619 g/mol. The van der Waals surface area contributed by atoms with Crippen molar-refractivity contribution in [2.45, 2.75) is 6.04 Å². The van der Waals surface area contributed by atoms with Crippen molar-refractivity contribution in [2.75, 3.05) is 0 Å². The standard InChI is InChI=1S/C48H29N3/c1-3-15-31-29(13-1)25-40(35-19-7-5-17-33(31)35)44-28-45(41-26-30-14-2-4-16-32(30)34-18-6-8-20-36(34)41)51-48(50-44)42-27-46-47(38-22-10-9-21-37(38)42)39-23-11-12-24-43(39)49-46/h1-28,46H. The van der Waals surface area contributed by atoms with Crippen LogP contribution >= 0.6 is 0 Å². The summed E-state index contributed by atoms with van der Waals surface area (Å²) in [5.41, 5.74) is 8.56. The van der Waals surface area contributed by atoms with Gasteiger partial charge in [0.05, 0.1) is 22.8 Å². The minimum atomic E-state index is -0.106. The molecule has 2 aliphatic rings. The molecule has 0 saturated carbocycles. The molecule has 1 atom stereocenters. The average Bonchev–Trinajstić information content (AvgIpc) is 3.59. The summed E-state index contributed by atoms with van der Waals surface area (Å²) in [5.74, 6) is 0.703. The SMILES string of the molecule is C1=C(c2nc(-c3cc4ccccc4c4ccccc34)cc(-c3cc4ccccc4c4ccccc34)n2)c2ccccc2C2=c3ccccc3=NC12. The van der Waals surface area contributed by atoms with Crippen LogP contribution in [0.2, 0.25) is 0 Å². The molecule has 0 bridgehead atoms. The maximum atomic E-state index is 5.48. The van der Waals surface area contributed by atoms with E-state index in [0.29, 0.717) is 5.82 Å². The number of rotatable bonds is 3. The lowest BCUT2D eigenvalue weighted by molar-refractivity contribution is 1.01. The molecule has 2 heterocycles. The minimum Gasteiger partial charge on any atom is -0.272 e. The molecule has 8 aromatic carbocycles. The van der Waals surface area contributed by atoms with E-state index in [1.54, 1.807) is 0 Å². The zero-order valence-corrected chi connectivity index (χ0v) is 27.6. The zero-order valence-electron chi connectivity index (χ0n) is 27.6. The highest BCUT2D eigenvalue weighted by atomic mass is 14.9. The third kappa shape index (κ3) is 4.28. The van der Waals surface area contributed by atoms with Crippen molar-refractivity contribution in [3.8, 4) is 22.5 Å². The third-order valence-corrected chi connectivity index (χ3v) is 10.7. The second kappa shape index (κ2) is 10.9. The number of hydrogen-bond acceptors (Lipinski definition) is 3. The normalized spacial score (nSPS) is 14.7. The first kappa shape index (κ1) is 28.2. The molecule has 0 radical (unpaired) electrons. The van der Waals surface area contributed by atoms with E-state index in [1.165, 1.54) is 59.4 Å². The predicted octanol–water partition coefficient (Wildman–Crippen LogP) is 10.1. The molecule has 0 N–H and O–H groups in total. The lowest BCUT2D eigenvalue weighted by Crippen LogP contribution is -2.23. The predicted molar refractivity (Wildman–Crippen MR) is 210 cm³/mol. The Morgan fingerprint density at radius 2 is 0.882 bits per heavy atom. The fraction of sp³-hybridized carbons (Fsp3) is 0.0208. The van der Waals surface area contributed by atoms with Crippen LogP contribution < -0.4 is 10.6 Å². The summed E-state index contributed by atoms with van der Waals surface area (Å²) in [5, 5.41) is 11.9. The molecule has 0 saturated heterocycles. The Morgan fingerprint density at radius 3 is 1.51 bits per heavy atom. The monoisotopic (exact) mass is 647 g/mol. The summed E-state index contributed by atoms with van der Waals surface area (Å²) in [6, 6.07) is 58.4. The van der Waals surface area contributed by atoms with Gasteiger partial charge in [-0.15, -0.1) is 0 Å². The second-order valence-electron chi connectivity index (χ2n) is 13.5. The molecule has 0 fully saturated rings.